The summed E-state index contributed by atoms with van der Waals surface area (Å²) in [7, 11) is 0. The fourth-order valence-corrected chi connectivity index (χ4v) is 3.45. The van der Waals surface area contributed by atoms with Gasteiger partial charge in [-0.1, -0.05) is 39.8 Å². The van der Waals surface area contributed by atoms with Gasteiger partial charge in [-0.05, 0) is 25.0 Å². The smallest absolute Gasteiger partial charge is 0.179 e. The van der Waals surface area contributed by atoms with Crippen LogP contribution in [0.2, 0.25) is 0 Å². The second-order valence-corrected chi connectivity index (χ2v) is 9.74. The first kappa shape index (κ1) is 21.0. The highest BCUT2D eigenvalue weighted by Crippen LogP contribution is 2.27. The third-order valence-electron chi connectivity index (χ3n) is 4.29. The molecule has 0 aliphatic carbocycles. The molecule has 2 rings (SSSR count). The topological polar surface area (TPSA) is 36.9 Å². The van der Waals surface area contributed by atoms with E-state index >= 15 is 0 Å². The van der Waals surface area contributed by atoms with E-state index in [0.29, 0.717) is 0 Å². The van der Waals surface area contributed by atoms with Crippen molar-refractivity contribution in [2.45, 2.75) is 54.1 Å². The van der Waals surface area contributed by atoms with Crippen molar-refractivity contribution in [2.75, 3.05) is 37.9 Å². The highest BCUT2D eigenvalue weighted by atomic mass is 32.2. The molecular formula is C20H34O4S. The molecule has 144 valence electrons. The Balaban J connectivity index is 1.66. The van der Waals surface area contributed by atoms with E-state index in [1.807, 2.05) is 11.8 Å². The zero-order valence-electron chi connectivity index (χ0n) is 16.6. The molecule has 0 aromatic rings. The Morgan fingerprint density at radius 1 is 0.760 bits per heavy atom. The monoisotopic (exact) mass is 370 g/mol. The Hall–Kier alpha value is -0.330. The second-order valence-electron chi connectivity index (χ2n) is 8.67. The fraction of sp³-hybridized carbons (Fsp3) is 0.800. The summed E-state index contributed by atoms with van der Waals surface area (Å²) in [6, 6.07) is 0. The van der Waals surface area contributed by atoms with Crippen LogP contribution in [0.3, 0.4) is 0 Å². The minimum atomic E-state index is -0.182. The molecule has 0 radical (unpaired) electrons. The SMILES string of the molecule is C/C(=C\CSC/C=C(\C)C1OCC(C)(C)CO1)C1OCC(C)(C)CO1. The molecule has 0 spiro atoms. The van der Waals surface area contributed by atoms with Crippen molar-refractivity contribution in [3.05, 3.63) is 23.3 Å². The van der Waals surface area contributed by atoms with Gasteiger partial charge in [-0.3, -0.25) is 0 Å². The highest BCUT2D eigenvalue weighted by molar-refractivity contribution is 7.99. The first-order valence-corrected chi connectivity index (χ1v) is 10.2. The van der Waals surface area contributed by atoms with E-state index in [1.54, 1.807) is 0 Å². The molecule has 4 nitrogen and oxygen atoms in total. The van der Waals surface area contributed by atoms with E-state index in [0.717, 1.165) is 49.1 Å². The van der Waals surface area contributed by atoms with Crippen LogP contribution in [0.1, 0.15) is 41.5 Å². The largest absolute Gasteiger partial charge is 0.348 e. The third-order valence-corrected chi connectivity index (χ3v) is 5.10. The Bertz CT molecular complexity index is 432. The molecule has 2 heterocycles. The van der Waals surface area contributed by atoms with E-state index < -0.39 is 0 Å². The van der Waals surface area contributed by atoms with E-state index in [4.69, 9.17) is 18.9 Å². The molecule has 0 bridgehead atoms. The number of thioether (sulfide) groups is 1. The molecule has 2 aliphatic heterocycles. The van der Waals surface area contributed by atoms with E-state index in [-0.39, 0.29) is 23.4 Å². The molecule has 0 aromatic carbocycles. The van der Waals surface area contributed by atoms with Crippen LogP contribution in [0, 0.1) is 10.8 Å². The van der Waals surface area contributed by atoms with Crippen molar-refractivity contribution in [1.29, 1.82) is 0 Å². The lowest BCUT2D eigenvalue weighted by atomic mass is 9.95. The molecule has 2 fully saturated rings. The van der Waals surface area contributed by atoms with Gasteiger partial charge in [0.15, 0.2) is 12.6 Å². The molecule has 0 amide bonds. The summed E-state index contributed by atoms with van der Waals surface area (Å²) >= 11 is 1.86. The van der Waals surface area contributed by atoms with E-state index in [9.17, 15) is 0 Å². The molecule has 0 aromatic heterocycles. The predicted octanol–water partition coefficient (Wildman–Crippen LogP) is 4.41. The summed E-state index contributed by atoms with van der Waals surface area (Å²) in [5.74, 6) is 1.89. The van der Waals surface area contributed by atoms with Crippen LogP contribution in [-0.2, 0) is 18.9 Å². The standard InChI is InChI=1S/C20H34O4S/c1-15(17-21-11-19(3,4)12-22-17)7-9-25-10-8-16(2)18-23-13-20(5,6)14-24-18/h7-8,17-18H,9-14H2,1-6H3/b15-7+,16-8+. The predicted molar refractivity (Wildman–Crippen MR) is 104 cm³/mol. The normalized spacial score (nSPS) is 26.0. The quantitative estimate of drug-likeness (QED) is 0.511. The van der Waals surface area contributed by atoms with Crippen LogP contribution in [0.5, 0.6) is 0 Å². The summed E-state index contributed by atoms with van der Waals surface area (Å²) in [6.45, 7) is 15.8. The van der Waals surface area contributed by atoms with Gasteiger partial charge in [0.2, 0.25) is 0 Å². The summed E-state index contributed by atoms with van der Waals surface area (Å²) < 4.78 is 23.2. The maximum Gasteiger partial charge on any atom is 0.179 e. The van der Waals surface area contributed by atoms with Crippen molar-refractivity contribution >= 4 is 11.8 Å². The second kappa shape index (κ2) is 9.05. The van der Waals surface area contributed by atoms with E-state index in [1.165, 1.54) is 0 Å². The molecular weight excluding hydrogens is 336 g/mol. The summed E-state index contributed by atoms with van der Waals surface area (Å²) in [6.07, 6.45) is 4.04. The minimum Gasteiger partial charge on any atom is -0.348 e. The lowest BCUT2D eigenvalue weighted by molar-refractivity contribution is -0.202. The first-order valence-electron chi connectivity index (χ1n) is 9.06. The lowest BCUT2D eigenvalue weighted by Gasteiger charge is -2.35. The summed E-state index contributed by atoms with van der Waals surface area (Å²) in [5.41, 5.74) is 2.55. The molecule has 25 heavy (non-hydrogen) atoms. The van der Waals surface area contributed by atoms with Gasteiger partial charge in [0.05, 0.1) is 26.4 Å². The van der Waals surface area contributed by atoms with Crippen LogP contribution in [0.25, 0.3) is 0 Å². The van der Waals surface area contributed by atoms with Crippen molar-refractivity contribution < 1.29 is 18.9 Å². The van der Waals surface area contributed by atoms with Crippen LogP contribution < -0.4 is 0 Å². The van der Waals surface area contributed by atoms with Crippen LogP contribution in [0.4, 0.5) is 0 Å². The van der Waals surface area contributed by atoms with Gasteiger partial charge in [0.25, 0.3) is 0 Å². The lowest BCUT2D eigenvalue weighted by Crippen LogP contribution is -2.38. The molecule has 2 saturated heterocycles. The van der Waals surface area contributed by atoms with Crippen LogP contribution >= 0.6 is 11.8 Å². The number of ether oxygens (including phenoxy) is 4. The number of hydrogen-bond acceptors (Lipinski definition) is 5. The van der Waals surface area contributed by atoms with Gasteiger partial charge < -0.3 is 18.9 Å². The molecule has 0 unspecified atom stereocenters. The van der Waals surface area contributed by atoms with Gasteiger partial charge in [0, 0.05) is 22.3 Å². The average Bonchev–Trinajstić information content (AvgIpc) is 2.54. The van der Waals surface area contributed by atoms with Gasteiger partial charge in [-0.2, -0.15) is 11.8 Å². The fourth-order valence-electron chi connectivity index (χ4n) is 2.55. The number of hydrogen-bond donors (Lipinski definition) is 0. The maximum absolute atomic E-state index is 5.80. The summed E-state index contributed by atoms with van der Waals surface area (Å²) in [4.78, 5) is 0. The molecule has 2 aliphatic rings. The molecule has 0 N–H and O–H groups in total. The van der Waals surface area contributed by atoms with Gasteiger partial charge in [0.1, 0.15) is 0 Å². The zero-order chi connectivity index (χ0) is 18.5. The van der Waals surface area contributed by atoms with Crippen molar-refractivity contribution in [1.82, 2.24) is 0 Å². The molecule has 0 atom stereocenters. The molecule has 0 saturated carbocycles. The first-order chi connectivity index (χ1) is 11.7. The Kier molecular flexibility index (Phi) is 7.59. The number of rotatable bonds is 6. The average molecular weight is 371 g/mol. The van der Waals surface area contributed by atoms with E-state index in [2.05, 4.69) is 53.7 Å². The Morgan fingerprint density at radius 3 is 1.40 bits per heavy atom. The Morgan fingerprint density at radius 2 is 1.08 bits per heavy atom. The highest BCUT2D eigenvalue weighted by Gasteiger charge is 2.29. The van der Waals surface area contributed by atoms with Gasteiger partial charge in [-0.15, -0.1) is 0 Å². The Labute approximate surface area is 157 Å². The van der Waals surface area contributed by atoms with Crippen molar-refractivity contribution in [3.8, 4) is 0 Å². The third kappa shape index (κ3) is 7.06. The summed E-state index contributed by atoms with van der Waals surface area (Å²) in [5, 5.41) is 0. The van der Waals surface area contributed by atoms with Crippen LogP contribution in [-0.4, -0.2) is 50.5 Å². The zero-order valence-corrected chi connectivity index (χ0v) is 17.4. The maximum atomic E-state index is 5.80. The minimum absolute atomic E-state index is 0.117. The molecule has 5 heteroatoms. The van der Waals surface area contributed by atoms with Crippen molar-refractivity contribution in [2.24, 2.45) is 10.8 Å². The van der Waals surface area contributed by atoms with Crippen molar-refractivity contribution in [3.63, 3.8) is 0 Å². The van der Waals surface area contributed by atoms with Gasteiger partial charge >= 0.3 is 0 Å². The van der Waals surface area contributed by atoms with Gasteiger partial charge in [-0.25, -0.2) is 0 Å². The van der Waals surface area contributed by atoms with Crippen LogP contribution in [0.15, 0.2) is 23.3 Å².